The Morgan fingerprint density at radius 3 is 2.70 bits per heavy atom. The summed E-state index contributed by atoms with van der Waals surface area (Å²) in [5.74, 6) is -0.396. The van der Waals surface area contributed by atoms with E-state index in [9.17, 15) is 4.39 Å². The van der Waals surface area contributed by atoms with Crippen molar-refractivity contribution in [1.82, 2.24) is 9.47 Å². The van der Waals surface area contributed by atoms with E-state index in [1.807, 2.05) is 0 Å². The maximum Gasteiger partial charge on any atom is 0.141 e. The summed E-state index contributed by atoms with van der Waals surface area (Å²) in [7, 11) is 2.18. The molecule has 4 rings (SSSR count). The van der Waals surface area contributed by atoms with Crippen molar-refractivity contribution >= 4 is 28.1 Å². The number of allylic oxidation sites excluding steroid dienone is 1. The minimum Gasteiger partial charge on any atom is -0.340 e. The average molecular weight is 383 g/mol. The normalized spacial score (nSPS) is 15.0. The Kier molecular flexibility index (Phi) is 4.83. The quantitative estimate of drug-likeness (QED) is 0.581. The van der Waals surface area contributed by atoms with Gasteiger partial charge in [0.1, 0.15) is 5.82 Å². The van der Waals surface area contributed by atoms with Crippen molar-refractivity contribution < 1.29 is 4.39 Å². The number of halogens is 2. The molecule has 0 saturated heterocycles. The van der Waals surface area contributed by atoms with Gasteiger partial charge in [0.25, 0.3) is 0 Å². The third kappa shape index (κ3) is 3.42. The molecule has 0 aliphatic carbocycles. The molecule has 27 heavy (non-hydrogen) atoms. The summed E-state index contributed by atoms with van der Waals surface area (Å²) in [6.07, 6.45) is 2.09. The molecule has 2 nitrogen and oxygen atoms in total. The van der Waals surface area contributed by atoms with Gasteiger partial charge in [-0.05, 0) is 61.4 Å². The first-order valence-electron chi connectivity index (χ1n) is 9.36. The molecule has 2 heterocycles. The Labute approximate surface area is 164 Å². The zero-order valence-electron chi connectivity index (χ0n) is 15.9. The van der Waals surface area contributed by atoms with E-state index in [4.69, 9.17) is 11.6 Å². The molecule has 0 unspecified atom stereocenters. The van der Waals surface area contributed by atoms with Gasteiger partial charge in [-0.3, -0.25) is 0 Å². The van der Waals surface area contributed by atoms with Crippen LogP contribution >= 0.6 is 11.6 Å². The Morgan fingerprint density at radius 2 is 1.93 bits per heavy atom. The first kappa shape index (κ1) is 18.3. The second-order valence-electron chi connectivity index (χ2n) is 7.57. The third-order valence-electron chi connectivity index (χ3n) is 5.59. The SMILES string of the molecule is C=C(Cn1c2c(c3cc(C)ccc31)CCN(C)CC2)c1ccc(F)c(Cl)c1. The zero-order valence-corrected chi connectivity index (χ0v) is 16.6. The topological polar surface area (TPSA) is 8.17 Å². The highest BCUT2D eigenvalue weighted by Gasteiger charge is 2.21. The molecule has 1 aliphatic rings. The van der Waals surface area contributed by atoms with E-state index in [-0.39, 0.29) is 5.02 Å². The van der Waals surface area contributed by atoms with Gasteiger partial charge in [-0.15, -0.1) is 0 Å². The second-order valence-corrected chi connectivity index (χ2v) is 7.97. The standard InChI is InChI=1S/C23H24ClFN2/c1-15-4-7-22-19(12-15)18-8-10-26(3)11-9-23(18)27(22)14-16(2)17-5-6-21(25)20(24)13-17/h4-7,12-13H,2,8-11,14H2,1,3H3. The largest absolute Gasteiger partial charge is 0.340 e. The lowest BCUT2D eigenvalue weighted by Crippen LogP contribution is -2.21. The van der Waals surface area contributed by atoms with Crippen LogP contribution in [0.3, 0.4) is 0 Å². The molecule has 0 fully saturated rings. The number of rotatable bonds is 3. The number of fused-ring (bicyclic) bond motifs is 3. The number of aryl methyl sites for hydroxylation is 1. The Morgan fingerprint density at radius 1 is 1.15 bits per heavy atom. The highest BCUT2D eigenvalue weighted by molar-refractivity contribution is 6.30. The smallest absolute Gasteiger partial charge is 0.141 e. The van der Waals surface area contributed by atoms with E-state index in [0.29, 0.717) is 6.54 Å². The van der Waals surface area contributed by atoms with E-state index in [0.717, 1.165) is 37.1 Å². The van der Waals surface area contributed by atoms with E-state index < -0.39 is 5.82 Å². The van der Waals surface area contributed by atoms with E-state index >= 15 is 0 Å². The van der Waals surface area contributed by atoms with Crippen LogP contribution in [0, 0.1) is 12.7 Å². The third-order valence-corrected chi connectivity index (χ3v) is 5.88. The monoisotopic (exact) mass is 382 g/mol. The van der Waals surface area contributed by atoms with Crippen molar-refractivity contribution in [3.05, 3.63) is 76.2 Å². The lowest BCUT2D eigenvalue weighted by Gasteiger charge is -2.15. The number of aromatic nitrogens is 1. The van der Waals surface area contributed by atoms with Gasteiger partial charge in [0.2, 0.25) is 0 Å². The van der Waals surface area contributed by atoms with Gasteiger partial charge in [0.15, 0.2) is 0 Å². The molecule has 2 aromatic carbocycles. The maximum atomic E-state index is 13.5. The van der Waals surface area contributed by atoms with Crippen molar-refractivity contribution in [2.45, 2.75) is 26.3 Å². The fourth-order valence-corrected chi connectivity index (χ4v) is 4.23. The highest BCUT2D eigenvalue weighted by Crippen LogP contribution is 2.32. The fourth-order valence-electron chi connectivity index (χ4n) is 4.05. The number of nitrogens with zero attached hydrogens (tertiary/aromatic N) is 2. The molecular weight excluding hydrogens is 359 g/mol. The summed E-state index contributed by atoms with van der Waals surface area (Å²) in [4.78, 5) is 2.39. The van der Waals surface area contributed by atoms with Gasteiger partial charge in [0.05, 0.1) is 5.02 Å². The number of hydrogen-bond acceptors (Lipinski definition) is 1. The van der Waals surface area contributed by atoms with Crippen molar-refractivity contribution in [3.63, 3.8) is 0 Å². The van der Waals surface area contributed by atoms with Crippen molar-refractivity contribution in [2.24, 2.45) is 0 Å². The summed E-state index contributed by atoms with van der Waals surface area (Å²) in [5, 5.41) is 1.49. The molecule has 0 saturated carbocycles. The first-order chi connectivity index (χ1) is 12.9. The van der Waals surface area contributed by atoms with Gasteiger partial charge in [-0.25, -0.2) is 4.39 Å². The van der Waals surface area contributed by atoms with Crippen LogP contribution in [0.1, 0.15) is 22.4 Å². The van der Waals surface area contributed by atoms with Crippen molar-refractivity contribution in [2.75, 3.05) is 20.1 Å². The summed E-state index contributed by atoms with van der Waals surface area (Å²) in [5.41, 5.74) is 7.22. The molecule has 1 aromatic heterocycles. The lowest BCUT2D eigenvalue weighted by molar-refractivity contribution is 0.351. The maximum absolute atomic E-state index is 13.5. The number of benzene rings is 2. The first-order valence-corrected chi connectivity index (χ1v) is 9.74. The van der Waals surface area contributed by atoms with Crippen LogP contribution in [0.2, 0.25) is 5.02 Å². The molecule has 0 atom stereocenters. The summed E-state index contributed by atoms with van der Waals surface area (Å²) >= 11 is 5.98. The fraction of sp³-hybridized carbons (Fsp3) is 0.304. The van der Waals surface area contributed by atoms with Crippen LogP contribution in [0.5, 0.6) is 0 Å². The predicted molar refractivity (Wildman–Crippen MR) is 112 cm³/mol. The van der Waals surface area contributed by atoms with E-state index in [1.54, 1.807) is 12.1 Å². The molecule has 0 N–H and O–H groups in total. The van der Waals surface area contributed by atoms with Crippen LogP contribution in [-0.2, 0) is 19.4 Å². The molecule has 4 heteroatoms. The van der Waals surface area contributed by atoms with E-state index in [1.165, 1.54) is 33.8 Å². The van der Waals surface area contributed by atoms with Gasteiger partial charge >= 0.3 is 0 Å². The summed E-state index contributed by atoms with van der Waals surface area (Å²) in [6.45, 7) is 9.23. The van der Waals surface area contributed by atoms with Crippen LogP contribution in [0.15, 0.2) is 43.0 Å². The lowest BCUT2D eigenvalue weighted by atomic mass is 10.1. The van der Waals surface area contributed by atoms with Gasteiger partial charge in [-0.2, -0.15) is 0 Å². The van der Waals surface area contributed by atoms with Crippen LogP contribution in [0.25, 0.3) is 16.5 Å². The minimum absolute atomic E-state index is 0.141. The highest BCUT2D eigenvalue weighted by atomic mass is 35.5. The molecule has 140 valence electrons. The minimum atomic E-state index is -0.396. The average Bonchev–Trinajstić information content (AvgIpc) is 2.78. The van der Waals surface area contributed by atoms with Crippen molar-refractivity contribution in [1.29, 1.82) is 0 Å². The Bertz CT molecular complexity index is 1030. The summed E-state index contributed by atoms with van der Waals surface area (Å²) in [6, 6.07) is 11.5. The predicted octanol–water partition coefficient (Wildman–Crippen LogP) is 5.49. The number of likely N-dealkylation sites (N-methyl/N-ethyl adjacent to an activating group) is 1. The van der Waals surface area contributed by atoms with Gasteiger partial charge in [-0.1, -0.05) is 35.9 Å². The molecule has 0 spiro atoms. The van der Waals surface area contributed by atoms with Crippen LogP contribution in [-0.4, -0.2) is 29.6 Å². The Balaban J connectivity index is 1.79. The zero-order chi connectivity index (χ0) is 19.1. The van der Waals surface area contributed by atoms with Crippen molar-refractivity contribution in [3.8, 4) is 0 Å². The van der Waals surface area contributed by atoms with Gasteiger partial charge < -0.3 is 9.47 Å². The molecule has 3 aromatic rings. The Hall–Kier alpha value is -2.10. The summed E-state index contributed by atoms with van der Waals surface area (Å²) < 4.78 is 15.9. The molecule has 1 aliphatic heterocycles. The molecule has 0 radical (unpaired) electrons. The number of hydrogen-bond donors (Lipinski definition) is 0. The van der Waals surface area contributed by atoms with E-state index in [2.05, 4.69) is 48.2 Å². The van der Waals surface area contributed by atoms with Crippen LogP contribution in [0.4, 0.5) is 4.39 Å². The van der Waals surface area contributed by atoms with Gasteiger partial charge in [0, 0.05) is 42.7 Å². The second kappa shape index (κ2) is 7.14. The molecule has 0 bridgehead atoms. The molecular formula is C23H24ClFN2. The van der Waals surface area contributed by atoms with Crippen LogP contribution < -0.4 is 0 Å². The molecule has 0 amide bonds.